The van der Waals surface area contributed by atoms with Gasteiger partial charge >= 0.3 is 36.3 Å². The van der Waals surface area contributed by atoms with Gasteiger partial charge in [0.2, 0.25) is 0 Å². The Balaban J connectivity index is 0.00000225. The van der Waals surface area contributed by atoms with E-state index in [0.29, 0.717) is 0 Å². The first kappa shape index (κ1) is 16.6. The third-order valence-corrected chi connectivity index (χ3v) is 3.63. The molecule has 0 aliphatic carbocycles. The molecule has 86 valence electrons. The maximum Gasteiger partial charge on any atom is 1.00 e. The average Bonchev–Trinajstić information content (AvgIpc) is 2.60. The molecule has 1 rings (SSSR count). The maximum absolute atomic E-state index is 9.00. The van der Waals surface area contributed by atoms with Crippen LogP contribution in [0.2, 0.25) is 0 Å². The predicted molar refractivity (Wildman–Crippen MR) is 64.2 cm³/mol. The molecular weight excluding hydrogens is 234 g/mol. The summed E-state index contributed by atoms with van der Waals surface area (Å²) in [5.41, 5.74) is 0. The van der Waals surface area contributed by atoms with Crippen molar-refractivity contribution >= 4 is 22.9 Å². The van der Waals surface area contributed by atoms with Gasteiger partial charge in [-0.3, -0.25) is 0 Å². The van der Waals surface area contributed by atoms with Gasteiger partial charge in [0.25, 0.3) is 0 Å². The molecule has 0 fully saturated rings. The minimum absolute atomic E-state index is 0. The number of aryl methyl sites for hydroxylation is 1. The molecule has 0 unspecified atom stereocenters. The van der Waals surface area contributed by atoms with Crippen LogP contribution in [0, 0.1) is 0 Å². The third-order valence-electron chi connectivity index (χ3n) is 2.34. The molecule has 3 nitrogen and oxygen atoms in total. The molecule has 0 saturated carbocycles. The van der Waals surface area contributed by atoms with Crippen molar-refractivity contribution in [3.8, 4) is 0 Å². The summed E-state index contributed by atoms with van der Waals surface area (Å²) < 4.78 is 0.250. The van der Waals surface area contributed by atoms with Gasteiger partial charge in [0.15, 0.2) is 0 Å². The summed E-state index contributed by atoms with van der Waals surface area (Å²) in [4.78, 5) is 1.10. The smallest absolute Gasteiger partial charge is 0.555 e. The number of unbranched alkanes of at least 4 members (excludes halogenated alkanes) is 3. The number of hydrogen-bond donors (Lipinski definition) is 3. The van der Waals surface area contributed by atoms with Crippen molar-refractivity contribution in [2.75, 3.05) is 0 Å². The van der Waals surface area contributed by atoms with E-state index < -0.39 is 6.75 Å². The van der Waals surface area contributed by atoms with Gasteiger partial charge in [0, 0.05) is 4.88 Å². The van der Waals surface area contributed by atoms with Crippen LogP contribution < -0.4 is 34.3 Å². The molecular formula is C10H18BNaO3S. The summed E-state index contributed by atoms with van der Waals surface area (Å²) in [7, 11) is 0. The SMILES string of the molecule is CCCCCCc1ccc([B-](O)(O)O)s1.[Na+]. The van der Waals surface area contributed by atoms with Crippen molar-refractivity contribution in [1.82, 2.24) is 0 Å². The van der Waals surface area contributed by atoms with Crippen molar-refractivity contribution < 1.29 is 44.6 Å². The summed E-state index contributed by atoms with van der Waals surface area (Å²) in [6, 6.07) is 3.44. The zero-order valence-electron chi connectivity index (χ0n) is 10.0. The van der Waals surface area contributed by atoms with Crippen LogP contribution in [-0.2, 0) is 6.42 Å². The van der Waals surface area contributed by atoms with E-state index in [4.69, 9.17) is 15.1 Å². The van der Waals surface area contributed by atoms with Crippen molar-refractivity contribution in [3.63, 3.8) is 0 Å². The molecule has 0 aliphatic heterocycles. The summed E-state index contributed by atoms with van der Waals surface area (Å²) >= 11 is 1.28. The second-order valence-corrected chi connectivity index (χ2v) is 5.05. The predicted octanol–water partition coefficient (Wildman–Crippen LogP) is -2.00. The van der Waals surface area contributed by atoms with Crippen LogP contribution in [0.3, 0.4) is 0 Å². The first-order valence-corrected chi connectivity index (χ1v) is 6.26. The molecule has 0 saturated heterocycles. The molecule has 1 heterocycles. The van der Waals surface area contributed by atoms with E-state index in [0.717, 1.165) is 17.7 Å². The minimum atomic E-state index is -3.29. The Labute approximate surface area is 123 Å². The second kappa shape index (κ2) is 7.87. The Morgan fingerprint density at radius 1 is 1.12 bits per heavy atom. The van der Waals surface area contributed by atoms with Gasteiger partial charge in [-0.2, -0.15) is 11.3 Å². The van der Waals surface area contributed by atoms with Crippen LogP contribution >= 0.6 is 11.3 Å². The average molecular weight is 252 g/mol. The summed E-state index contributed by atoms with van der Waals surface area (Å²) in [5.74, 6) is 0. The van der Waals surface area contributed by atoms with E-state index in [-0.39, 0.29) is 34.3 Å². The Hall–Kier alpha value is 0.645. The molecule has 0 atom stereocenters. The minimum Gasteiger partial charge on any atom is -0.555 e. The molecule has 0 spiro atoms. The normalized spacial score (nSPS) is 11.2. The van der Waals surface area contributed by atoms with Crippen LogP contribution in [0.4, 0.5) is 0 Å². The van der Waals surface area contributed by atoms with Gasteiger partial charge in [0.05, 0.1) is 0 Å². The first-order chi connectivity index (χ1) is 7.04. The summed E-state index contributed by atoms with van der Waals surface area (Å²) in [5, 5.41) is 27.0. The fourth-order valence-electron chi connectivity index (χ4n) is 1.46. The molecule has 0 bridgehead atoms. The monoisotopic (exact) mass is 252 g/mol. The van der Waals surface area contributed by atoms with Crippen molar-refractivity contribution in [1.29, 1.82) is 0 Å². The van der Waals surface area contributed by atoms with Gasteiger partial charge in [-0.1, -0.05) is 43.1 Å². The molecule has 0 amide bonds. The van der Waals surface area contributed by atoms with E-state index in [2.05, 4.69) is 6.92 Å². The van der Waals surface area contributed by atoms with E-state index in [1.807, 2.05) is 6.07 Å². The molecule has 0 radical (unpaired) electrons. The van der Waals surface area contributed by atoms with E-state index in [1.54, 1.807) is 6.07 Å². The Bertz CT molecular complexity index is 298. The second-order valence-electron chi connectivity index (χ2n) is 3.85. The molecule has 16 heavy (non-hydrogen) atoms. The van der Waals surface area contributed by atoms with Gasteiger partial charge in [-0.15, -0.1) is 0 Å². The van der Waals surface area contributed by atoms with E-state index in [1.165, 1.54) is 30.6 Å². The Morgan fingerprint density at radius 2 is 1.81 bits per heavy atom. The first-order valence-electron chi connectivity index (χ1n) is 5.44. The quantitative estimate of drug-likeness (QED) is 0.405. The molecule has 0 aromatic carbocycles. The zero-order chi connectivity index (χ0) is 11.3. The van der Waals surface area contributed by atoms with Gasteiger partial charge in [-0.05, 0) is 12.8 Å². The maximum atomic E-state index is 9.00. The summed E-state index contributed by atoms with van der Waals surface area (Å²) in [6.45, 7) is -1.12. The number of rotatable bonds is 6. The summed E-state index contributed by atoms with van der Waals surface area (Å²) in [6.07, 6.45) is 5.74. The topological polar surface area (TPSA) is 60.7 Å². The number of thiophene rings is 1. The van der Waals surface area contributed by atoms with Gasteiger partial charge in [0.1, 0.15) is 0 Å². The largest absolute Gasteiger partial charge is 1.00 e. The van der Waals surface area contributed by atoms with Crippen molar-refractivity contribution in [2.45, 2.75) is 39.0 Å². The molecule has 6 heteroatoms. The van der Waals surface area contributed by atoms with Crippen LogP contribution in [0.1, 0.15) is 37.5 Å². The molecule has 1 aromatic rings. The van der Waals surface area contributed by atoms with Gasteiger partial charge < -0.3 is 15.1 Å². The van der Waals surface area contributed by atoms with Crippen molar-refractivity contribution in [3.05, 3.63) is 17.0 Å². The molecule has 3 N–H and O–H groups in total. The van der Waals surface area contributed by atoms with E-state index >= 15 is 0 Å². The van der Waals surface area contributed by atoms with Crippen LogP contribution in [0.15, 0.2) is 12.1 Å². The van der Waals surface area contributed by atoms with E-state index in [9.17, 15) is 0 Å². The van der Waals surface area contributed by atoms with Crippen molar-refractivity contribution in [2.24, 2.45) is 0 Å². The van der Waals surface area contributed by atoms with Crippen LogP contribution in [0.25, 0.3) is 0 Å². The third kappa shape index (κ3) is 5.82. The Morgan fingerprint density at radius 3 is 2.31 bits per heavy atom. The van der Waals surface area contributed by atoms with Crippen LogP contribution in [0.5, 0.6) is 0 Å². The van der Waals surface area contributed by atoms with Gasteiger partial charge in [-0.25, -0.2) is 0 Å². The fraction of sp³-hybridized carbons (Fsp3) is 0.600. The number of hydrogen-bond acceptors (Lipinski definition) is 4. The van der Waals surface area contributed by atoms with Crippen LogP contribution in [-0.4, -0.2) is 21.8 Å². The Kier molecular flexibility index (Phi) is 8.19. The molecule has 1 aromatic heterocycles. The molecule has 0 aliphatic rings. The zero-order valence-corrected chi connectivity index (χ0v) is 12.8. The fourth-order valence-corrected chi connectivity index (χ4v) is 2.44. The standard InChI is InChI=1S/C10H18BO3S.Na/c1-2-3-4-5-6-9-7-8-10(15-9)11(12,13)14;/h7-8,12-14H,2-6H2,1H3;/q-1;+1.